The van der Waals surface area contributed by atoms with Gasteiger partial charge in [-0.2, -0.15) is 0 Å². The second-order valence-corrected chi connectivity index (χ2v) is 4.62. The Hall–Kier alpha value is -1.06. The van der Waals surface area contributed by atoms with Crippen LogP contribution in [0.1, 0.15) is 42.2 Å². The molecule has 1 aromatic rings. The molecule has 0 heterocycles. The van der Waals surface area contributed by atoms with Crippen LogP contribution in [0.3, 0.4) is 0 Å². The van der Waals surface area contributed by atoms with Crippen LogP contribution in [0.15, 0.2) is 24.3 Å². The van der Waals surface area contributed by atoms with Gasteiger partial charge in [-0.15, -0.1) is 0 Å². The Morgan fingerprint density at radius 1 is 1.68 bits per heavy atom. The van der Waals surface area contributed by atoms with E-state index in [1.54, 1.807) is 6.07 Å². The van der Waals surface area contributed by atoms with Gasteiger partial charge in [0, 0.05) is 23.4 Å². The molecule has 106 valence electrons. The molecule has 1 aromatic carbocycles. The highest BCUT2D eigenvalue weighted by Crippen LogP contribution is 2.42. The summed E-state index contributed by atoms with van der Waals surface area (Å²) in [5.74, 6) is -2.17. The molecule has 0 bridgehead atoms. The van der Waals surface area contributed by atoms with Gasteiger partial charge in [-0.05, 0) is 44.5 Å². The molecule has 1 saturated carbocycles. The van der Waals surface area contributed by atoms with Crippen LogP contribution in [0.25, 0.3) is 0 Å². The fourth-order valence-corrected chi connectivity index (χ4v) is 2.29. The van der Waals surface area contributed by atoms with Crippen molar-refractivity contribution in [1.82, 2.24) is 4.90 Å². The first-order valence-corrected chi connectivity index (χ1v) is 6.26. The minimum atomic E-state index is -2.86. The highest BCUT2D eigenvalue weighted by atomic mass is 16.5. The molecule has 2 atom stereocenters. The van der Waals surface area contributed by atoms with Crippen LogP contribution >= 0.6 is 0 Å². The summed E-state index contributed by atoms with van der Waals surface area (Å²) < 4.78 is 70.4. The summed E-state index contributed by atoms with van der Waals surface area (Å²) in [6.07, 6.45) is -2.53. The van der Waals surface area contributed by atoms with E-state index in [-0.39, 0.29) is 24.8 Å². The maximum absolute atomic E-state index is 11.6. The molecule has 0 aliphatic heterocycles. The molecule has 0 unspecified atom stereocenters. The predicted octanol–water partition coefficient (Wildman–Crippen LogP) is 2.63. The molecular formula is C16H25NO2. The van der Waals surface area contributed by atoms with E-state index in [1.165, 1.54) is 25.3 Å². The van der Waals surface area contributed by atoms with E-state index in [4.69, 9.17) is 15.7 Å². The van der Waals surface area contributed by atoms with E-state index in [9.17, 15) is 5.11 Å². The number of methoxy groups -OCH3 is 1. The van der Waals surface area contributed by atoms with Crippen LogP contribution in [0.4, 0.5) is 0 Å². The molecule has 1 fully saturated rings. The van der Waals surface area contributed by atoms with E-state index in [0.717, 1.165) is 7.05 Å². The fraction of sp³-hybridized carbons (Fsp3) is 0.625. The topological polar surface area (TPSA) is 32.7 Å². The average Bonchev–Trinajstić information content (AvgIpc) is 2.57. The Kier molecular flexibility index (Phi) is 2.21. The van der Waals surface area contributed by atoms with Crippen molar-refractivity contribution in [1.29, 1.82) is 0 Å². The molecule has 1 aliphatic carbocycles. The van der Waals surface area contributed by atoms with Gasteiger partial charge in [0.15, 0.2) is 0 Å². The van der Waals surface area contributed by atoms with Gasteiger partial charge in [-0.25, -0.2) is 0 Å². The molecule has 0 spiro atoms. The Balaban J connectivity index is 2.75. The number of hydrogen-bond donors (Lipinski definition) is 1. The van der Waals surface area contributed by atoms with Gasteiger partial charge in [0.2, 0.25) is 0 Å². The van der Waals surface area contributed by atoms with Crippen molar-refractivity contribution in [3.8, 4) is 5.75 Å². The molecule has 19 heavy (non-hydrogen) atoms. The molecule has 0 aromatic heterocycles. The lowest BCUT2D eigenvalue weighted by Gasteiger charge is -2.41. The molecule has 1 N–H and O–H groups in total. The van der Waals surface area contributed by atoms with Gasteiger partial charge >= 0.3 is 0 Å². The summed E-state index contributed by atoms with van der Waals surface area (Å²) in [7, 11) is 2.41. The first-order chi connectivity index (χ1) is 12.1. The third-order valence-electron chi connectivity index (χ3n) is 3.21. The van der Waals surface area contributed by atoms with Gasteiger partial charge in [0.05, 0.1) is 12.7 Å². The molecule has 0 amide bonds. The summed E-state index contributed by atoms with van der Waals surface area (Å²) in [6, 6.07) is 5.86. The van der Waals surface area contributed by atoms with Gasteiger partial charge in [0.1, 0.15) is 5.75 Å². The minimum Gasteiger partial charge on any atom is -0.497 e. The van der Waals surface area contributed by atoms with Crippen LogP contribution in [-0.4, -0.2) is 37.6 Å². The van der Waals surface area contributed by atoms with E-state index in [0.29, 0.717) is 10.6 Å². The zero-order valence-electron chi connectivity index (χ0n) is 19.2. The van der Waals surface area contributed by atoms with Crippen LogP contribution in [0, 0.1) is 5.89 Å². The van der Waals surface area contributed by atoms with E-state index in [2.05, 4.69) is 0 Å². The summed E-state index contributed by atoms with van der Waals surface area (Å²) in [5, 5.41) is 11.6. The van der Waals surface area contributed by atoms with E-state index >= 15 is 0 Å². The molecule has 3 nitrogen and oxygen atoms in total. The van der Waals surface area contributed by atoms with Crippen molar-refractivity contribution >= 4 is 0 Å². The Bertz CT molecular complexity index is 695. The van der Waals surface area contributed by atoms with Crippen molar-refractivity contribution in [3.05, 3.63) is 29.8 Å². The third kappa shape index (κ3) is 3.10. The zero-order valence-corrected chi connectivity index (χ0v) is 11.2. The molecular weight excluding hydrogens is 238 g/mol. The monoisotopic (exact) mass is 271 g/mol. The highest BCUT2D eigenvalue weighted by Gasteiger charge is 2.40. The van der Waals surface area contributed by atoms with Crippen molar-refractivity contribution in [3.63, 3.8) is 0 Å². The SMILES string of the molecule is [2H]C([2H])([2H])N(C)C([2H])([2H])[C@]1([2H])CCCC([2H])([2H])[C@@]1(O)c1cccc(OC)c1. The standard InChI is InChI=1S/C16H25NO2/c1-17(2)12-14-7-4-5-10-16(14,18)13-8-6-9-15(11-13)19-3/h6,8-9,11,14,18H,4-5,7,10,12H2,1-3H3/t14-,16+/m0/s1/i1D3,10D2,12D2,14D. The maximum atomic E-state index is 11.6. The fourth-order valence-electron chi connectivity index (χ4n) is 2.29. The van der Waals surface area contributed by atoms with E-state index in [1.807, 2.05) is 0 Å². The zero-order chi connectivity index (χ0) is 20.9. The van der Waals surface area contributed by atoms with Gasteiger partial charge in [-0.3, -0.25) is 0 Å². The number of nitrogens with zero attached hydrogens (tertiary/aromatic N) is 1. The first-order valence-electron chi connectivity index (χ1n) is 10.3. The molecule has 0 saturated heterocycles. The number of aliphatic hydroxyl groups is 1. The minimum absolute atomic E-state index is 0.0237. The Morgan fingerprint density at radius 2 is 2.53 bits per heavy atom. The number of ether oxygens (including phenoxy) is 1. The van der Waals surface area contributed by atoms with Crippen molar-refractivity contribution < 1.29 is 20.8 Å². The number of benzene rings is 1. The van der Waals surface area contributed by atoms with Crippen molar-refractivity contribution in [2.24, 2.45) is 5.89 Å². The number of hydrogen-bond acceptors (Lipinski definition) is 3. The average molecular weight is 271 g/mol. The van der Waals surface area contributed by atoms with Crippen LogP contribution < -0.4 is 4.74 Å². The molecule has 3 heteroatoms. The molecule has 2 rings (SSSR count). The normalized spacial score (nSPS) is 41.7. The smallest absolute Gasteiger partial charge is 0.119 e. The van der Waals surface area contributed by atoms with Gasteiger partial charge in [0.25, 0.3) is 0 Å². The lowest BCUT2D eigenvalue weighted by atomic mass is 9.71. The largest absolute Gasteiger partial charge is 0.497 e. The maximum Gasteiger partial charge on any atom is 0.119 e. The summed E-state index contributed by atoms with van der Waals surface area (Å²) in [4.78, 5) is 0.416. The van der Waals surface area contributed by atoms with Crippen LogP contribution in [0.2, 0.25) is 0 Å². The third-order valence-corrected chi connectivity index (χ3v) is 3.21. The second-order valence-electron chi connectivity index (χ2n) is 4.62. The highest BCUT2D eigenvalue weighted by molar-refractivity contribution is 5.33. The van der Waals surface area contributed by atoms with Crippen molar-refractivity contribution in [2.45, 2.75) is 31.2 Å². The van der Waals surface area contributed by atoms with Crippen LogP contribution in [-0.2, 0) is 5.60 Å². The van der Waals surface area contributed by atoms with Gasteiger partial charge < -0.3 is 14.7 Å². The quantitative estimate of drug-likeness (QED) is 0.914. The second kappa shape index (κ2) is 5.93. The summed E-state index contributed by atoms with van der Waals surface area (Å²) >= 11 is 0. The molecule has 1 aliphatic rings. The predicted molar refractivity (Wildman–Crippen MR) is 77.4 cm³/mol. The Morgan fingerprint density at radius 3 is 3.26 bits per heavy atom. The molecule has 0 radical (unpaired) electrons. The van der Waals surface area contributed by atoms with Crippen LogP contribution in [0.5, 0.6) is 5.75 Å². The first kappa shape index (κ1) is 7.09. The van der Waals surface area contributed by atoms with Gasteiger partial charge in [-0.1, -0.05) is 25.0 Å². The lowest BCUT2D eigenvalue weighted by Crippen LogP contribution is -2.43. The summed E-state index contributed by atoms with van der Waals surface area (Å²) in [5.41, 5.74) is -2.63. The lowest BCUT2D eigenvalue weighted by molar-refractivity contribution is -0.0619. The van der Waals surface area contributed by atoms with Crippen molar-refractivity contribution in [2.75, 3.05) is 27.6 Å². The summed E-state index contributed by atoms with van der Waals surface area (Å²) in [6.45, 7) is -5.72. The number of rotatable bonds is 4. The van der Waals surface area contributed by atoms with E-state index < -0.39 is 31.3 Å². The Labute approximate surface area is 127 Å².